The van der Waals surface area contributed by atoms with Crippen molar-refractivity contribution in [3.8, 4) is 11.5 Å². The van der Waals surface area contributed by atoms with Crippen LogP contribution in [0.1, 0.15) is 6.92 Å². The summed E-state index contributed by atoms with van der Waals surface area (Å²) >= 11 is 0. The summed E-state index contributed by atoms with van der Waals surface area (Å²) in [7, 11) is 5.31. The van der Waals surface area contributed by atoms with E-state index in [0.29, 0.717) is 11.5 Å². The molecular weight excluding hydrogens is 230 g/mol. The molecule has 0 unspecified atom stereocenters. The highest BCUT2D eigenvalue weighted by atomic mass is 16.5. The Hall–Kier alpha value is -1.97. The Balaban J connectivity index is 2.63. The average Bonchev–Trinajstić information content (AvgIpc) is 2.36. The predicted molar refractivity (Wildman–Crippen MR) is 70.9 cm³/mol. The monoisotopic (exact) mass is 249 g/mol. The molecule has 4 nitrogen and oxygen atoms in total. The van der Waals surface area contributed by atoms with E-state index in [1.165, 1.54) is 6.08 Å². The third-order valence-electron chi connectivity index (χ3n) is 2.29. The summed E-state index contributed by atoms with van der Waals surface area (Å²) in [5, 5.41) is 0. The smallest absolute Gasteiger partial charge is 0.197 e. The molecule has 0 saturated heterocycles. The van der Waals surface area contributed by atoms with Crippen LogP contribution in [-0.2, 0) is 4.79 Å². The summed E-state index contributed by atoms with van der Waals surface area (Å²) in [6.45, 7) is 1.72. The Kier molecular flexibility index (Phi) is 5.24. The molecule has 0 amide bonds. The van der Waals surface area contributed by atoms with E-state index in [4.69, 9.17) is 9.47 Å². The number of rotatable bonds is 6. The molecular formula is C14H19NO3. The fraction of sp³-hybridized carbons (Fsp3) is 0.357. The Morgan fingerprint density at radius 2 is 2.00 bits per heavy atom. The zero-order valence-electron chi connectivity index (χ0n) is 11.2. The SMILES string of the molecule is COc1cccc(O[C@@H](C)C(=O)/C=C/N(C)C)c1. The van der Waals surface area contributed by atoms with Crippen LogP contribution in [-0.4, -0.2) is 38.0 Å². The van der Waals surface area contributed by atoms with Gasteiger partial charge >= 0.3 is 0 Å². The van der Waals surface area contributed by atoms with Gasteiger partial charge in [-0.2, -0.15) is 0 Å². The largest absolute Gasteiger partial charge is 0.497 e. The van der Waals surface area contributed by atoms with Crippen LogP contribution in [0.4, 0.5) is 0 Å². The quantitative estimate of drug-likeness (QED) is 0.724. The Morgan fingerprint density at radius 1 is 1.33 bits per heavy atom. The third-order valence-corrected chi connectivity index (χ3v) is 2.29. The standard InChI is InChI=1S/C14H19NO3/c1-11(14(16)8-9-15(2)3)18-13-7-5-6-12(10-13)17-4/h5-11H,1-4H3/b9-8+/t11-/m0/s1. The van der Waals surface area contributed by atoms with Crippen molar-refractivity contribution in [2.45, 2.75) is 13.0 Å². The Bertz CT molecular complexity index is 427. The molecule has 1 aromatic rings. The molecule has 0 aliphatic carbocycles. The normalized spacial score (nSPS) is 12.2. The number of nitrogens with zero attached hydrogens (tertiary/aromatic N) is 1. The van der Waals surface area contributed by atoms with Crippen molar-refractivity contribution >= 4 is 5.78 Å². The van der Waals surface area contributed by atoms with Crippen LogP contribution >= 0.6 is 0 Å². The fourth-order valence-corrected chi connectivity index (χ4v) is 1.29. The van der Waals surface area contributed by atoms with E-state index in [2.05, 4.69) is 0 Å². The predicted octanol–water partition coefficient (Wildman–Crippen LogP) is 2.11. The first-order valence-corrected chi connectivity index (χ1v) is 5.72. The van der Waals surface area contributed by atoms with E-state index in [1.54, 1.807) is 37.3 Å². The van der Waals surface area contributed by atoms with Crippen molar-refractivity contribution in [1.29, 1.82) is 0 Å². The summed E-state index contributed by atoms with van der Waals surface area (Å²) in [5.41, 5.74) is 0. The molecule has 0 bridgehead atoms. The highest BCUT2D eigenvalue weighted by molar-refractivity contribution is 5.93. The van der Waals surface area contributed by atoms with Gasteiger partial charge in [0.1, 0.15) is 11.5 Å². The number of benzene rings is 1. The number of carbonyl (C=O) groups is 1. The van der Waals surface area contributed by atoms with Gasteiger partial charge in [-0.1, -0.05) is 6.07 Å². The molecule has 18 heavy (non-hydrogen) atoms. The lowest BCUT2D eigenvalue weighted by Gasteiger charge is -2.13. The molecule has 0 aliphatic heterocycles. The van der Waals surface area contributed by atoms with Gasteiger partial charge in [-0.3, -0.25) is 4.79 Å². The van der Waals surface area contributed by atoms with E-state index in [9.17, 15) is 4.79 Å². The zero-order valence-corrected chi connectivity index (χ0v) is 11.2. The Labute approximate surface area is 108 Å². The molecule has 0 heterocycles. The number of ketones is 1. The van der Waals surface area contributed by atoms with Crippen molar-refractivity contribution < 1.29 is 14.3 Å². The molecule has 0 N–H and O–H groups in total. The number of methoxy groups -OCH3 is 1. The van der Waals surface area contributed by atoms with Crippen LogP contribution in [0.5, 0.6) is 11.5 Å². The first kappa shape index (κ1) is 14.1. The molecule has 0 aliphatic rings. The highest BCUT2D eigenvalue weighted by Crippen LogP contribution is 2.20. The van der Waals surface area contributed by atoms with Crippen molar-refractivity contribution in [2.75, 3.05) is 21.2 Å². The van der Waals surface area contributed by atoms with Crippen molar-refractivity contribution in [1.82, 2.24) is 4.90 Å². The second-order valence-electron chi connectivity index (χ2n) is 4.12. The van der Waals surface area contributed by atoms with Crippen molar-refractivity contribution in [2.24, 2.45) is 0 Å². The number of hydrogen-bond acceptors (Lipinski definition) is 4. The van der Waals surface area contributed by atoms with Crippen LogP contribution in [0.25, 0.3) is 0 Å². The number of ether oxygens (including phenoxy) is 2. The van der Waals surface area contributed by atoms with Crippen molar-refractivity contribution in [3.63, 3.8) is 0 Å². The second kappa shape index (κ2) is 6.69. The molecule has 0 aromatic heterocycles. The fourth-order valence-electron chi connectivity index (χ4n) is 1.29. The van der Waals surface area contributed by atoms with E-state index in [-0.39, 0.29) is 5.78 Å². The minimum atomic E-state index is -0.520. The zero-order chi connectivity index (χ0) is 13.5. The van der Waals surface area contributed by atoms with Crippen molar-refractivity contribution in [3.05, 3.63) is 36.5 Å². The summed E-state index contributed by atoms with van der Waals surface area (Å²) in [4.78, 5) is 13.5. The van der Waals surface area contributed by atoms with Crippen LogP contribution in [0.3, 0.4) is 0 Å². The summed E-state index contributed by atoms with van der Waals surface area (Å²) in [6.07, 6.45) is 2.69. The van der Waals surface area contributed by atoms with Gasteiger partial charge in [-0.15, -0.1) is 0 Å². The maximum Gasteiger partial charge on any atom is 0.197 e. The van der Waals surface area contributed by atoms with Crippen LogP contribution in [0.2, 0.25) is 0 Å². The first-order valence-electron chi connectivity index (χ1n) is 5.72. The highest BCUT2D eigenvalue weighted by Gasteiger charge is 2.11. The van der Waals surface area contributed by atoms with Gasteiger partial charge < -0.3 is 14.4 Å². The summed E-state index contributed by atoms with van der Waals surface area (Å²) in [5.74, 6) is 1.25. The van der Waals surface area contributed by atoms with E-state index in [0.717, 1.165) is 0 Å². The molecule has 0 spiro atoms. The van der Waals surface area contributed by atoms with Gasteiger partial charge in [0, 0.05) is 32.4 Å². The van der Waals surface area contributed by atoms with Gasteiger partial charge in [0.05, 0.1) is 7.11 Å². The summed E-state index contributed by atoms with van der Waals surface area (Å²) in [6, 6.07) is 7.19. The lowest BCUT2D eigenvalue weighted by atomic mass is 10.2. The van der Waals surface area contributed by atoms with Crippen LogP contribution < -0.4 is 9.47 Å². The lowest BCUT2D eigenvalue weighted by molar-refractivity contribution is -0.120. The van der Waals surface area contributed by atoms with Gasteiger partial charge in [-0.05, 0) is 19.1 Å². The Morgan fingerprint density at radius 3 is 2.61 bits per heavy atom. The van der Waals surface area contributed by atoms with Crippen LogP contribution in [0.15, 0.2) is 36.5 Å². The topological polar surface area (TPSA) is 38.8 Å². The van der Waals surface area contributed by atoms with E-state index in [1.807, 2.05) is 26.2 Å². The molecule has 0 saturated carbocycles. The second-order valence-corrected chi connectivity index (χ2v) is 4.12. The van der Waals surface area contributed by atoms with Gasteiger partial charge in [0.2, 0.25) is 0 Å². The molecule has 4 heteroatoms. The van der Waals surface area contributed by atoms with E-state index >= 15 is 0 Å². The first-order chi connectivity index (χ1) is 8.52. The van der Waals surface area contributed by atoms with Gasteiger partial charge in [-0.25, -0.2) is 0 Å². The van der Waals surface area contributed by atoms with Gasteiger partial charge in [0.15, 0.2) is 11.9 Å². The summed E-state index contributed by atoms with van der Waals surface area (Å²) < 4.78 is 10.6. The molecule has 1 aromatic carbocycles. The average molecular weight is 249 g/mol. The molecule has 0 radical (unpaired) electrons. The molecule has 98 valence electrons. The third kappa shape index (κ3) is 4.49. The minimum Gasteiger partial charge on any atom is -0.497 e. The number of carbonyl (C=O) groups excluding carboxylic acids is 1. The van der Waals surface area contributed by atoms with Gasteiger partial charge in [0.25, 0.3) is 0 Å². The lowest BCUT2D eigenvalue weighted by Crippen LogP contribution is -2.22. The van der Waals surface area contributed by atoms with Crippen LogP contribution in [0, 0.1) is 0 Å². The van der Waals surface area contributed by atoms with E-state index < -0.39 is 6.10 Å². The molecule has 0 fully saturated rings. The minimum absolute atomic E-state index is 0.0773. The maximum absolute atomic E-state index is 11.7. The molecule has 1 atom stereocenters. The molecule has 1 rings (SSSR count). The maximum atomic E-state index is 11.7. The number of hydrogen-bond donors (Lipinski definition) is 0.